The van der Waals surface area contributed by atoms with Crippen LogP contribution in [0.2, 0.25) is 10.0 Å². The maximum Gasteiger partial charge on any atom is 0.340 e. The highest BCUT2D eigenvalue weighted by molar-refractivity contribution is 6.43. The summed E-state index contributed by atoms with van der Waals surface area (Å²) in [6.07, 6.45) is -1.18. The molecule has 1 atom stereocenters. The van der Waals surface area contributed by atoms with E-state index >= 15 is 0 Å². The molecule has 23 heavy (non-hydrogen) atoms. The van der Waals surface area contributed by atoms with E-state index in [0.29, 0.717) is 0 Å². The van der Waals surface area contributed by atoms with Gasteiger partial charge in [-0.1, -0.05) is 29.3 Å². The van der Waals surface area contributed by atoms with Crippen LogP contribution >= 0.6 is 23.2 Å². The highest BCUT2D eigenvalue weighted by atomic mass is 35.5. The molecule has 0 heterocycles. The number of rotatable bonds is 3. The van der Waals surface area contributed by atoms with E-state index in [9.17, 15) is 14.4 Å². The lowest BCUT2D eigenvalue weighted by atomic mass is 10.1. The molecule has 2 N–H and O–H groups in total. The fraction of sp³-hybridized carbons (Fsp3) is 0.400. The molecule has 0 saturated heterocycles. The first kappa shape index (κ1) is 19.3. The van der Waals surface area contributed by atoms with Crippen LogP contribution in [0.4, 0.5) is 4.79 Å². The van der Waals surface area contributed by atoms with Crippen LogP contribution in [0.5, 0.6) is 0 Å². The molecule has 0 fully saturated rings. The number of amides is 3. The molecule has 0 aromatic heterocycles. The molecule has 0 radical (unpaired) electrons. The van der Waals surface area contributed by atoms with Gasteiger partial charge < -0.3 is 10.1 Å². The minimum atomic E-state index is -1.18. The third-order valence-corrected chi connectivity index (χ3v) is 3.37. The van der Waals surface area contributed by atoms with Crippen molar-refractivity contribution >= 4 is 41.1 Å². The van der Waals surface area contributed by atoms with E-state index in [0.717, 1.165) is 0 Å². The van der Waals surface area contributed by atoms with Crippen molar-refractivity contribution in [3.8, 4) is 0 Å². The minimum Gasteiger partial charge on any atom is -0.449 e. The van der Waals surface area contributed by atoms with Crippen LogP contribution in [0, 0.1) is 0 Å². The number of carbonyl (C=O) groups is 3. The van der Waals surface area contributed by atoms with E-state index < -0.39 is 29.6 Å². The predicted octanol–water partition coefficient (Wildman–Crippen LogP) is 3.16. The van der Waals surface area contributed by atoms with Crippen molar-refractivity contribution < 1.29 is 19.1 Å². The third-order valence-electron chi connectivity index (χ3n) is 2.55. The number of halogens is 2. The van der Waals surface area contributed by atoms with E-state index in [4.69, 9.17) is 27.9 Å². The molecule has 8 heteroatoms. The number of hydrogen-bond acceptors (Lipinski definition) is 4. The van der Waals surface area contributed by atoms with Gasteiger partial charge in [-0.2, -0.15) is 0 Å². The predicted molar refractivity (Wildman–Crippen MR) is 87.8 cm³/mol. The smallest absolute Gasteiger partial charge is 0.340 e. The van der Waals surface area contributed by atoms with Gasteiger partial charge in [-0.05, 0) is 39.8 Å². The SMILES string of the molecule is CC(OC(=O)c1cccc(Cl)c1Cl)C(=O)NC(=O)NC(C)(C)C. The second kappa shape index (κ2) is 7.66. The summed E-state index contributed by atoms with van der Waals surface area (Å²) in [5, 5.41) is 4.89. The van der Waals surface area contributed by atoms with Gasteiger partial charge in [0, 0.05) is 5.54 Å². The van der Waals surface area contributed by atoms with E-state index in [2.05, 4.69) is 10.6 Å². The van der Waals surface area contributed by atoms with Crippen LogP contribution < -0.4 is 10.6 Å². The fourth-order valence-corrected chi connectivity index (χ4v) is 1.90. The third kappa shape index (κ3) is 6.08. The van der Waals surface area contributed by atoms with Crippen molar-refractivity contribution in [2.75, 3.05) is 0 Å². The van der Waals surface area contributed by atoms with Crippen LogP contribution in [-0.4, -0.2) is 29.6 Å². The Morgan fingerprint density at radius 3 is 2.35 bits per heavy atom. The Kier molecular flexibility index (Phi) is 6.41. The number of esters is 1. The Labute approximate surface area is 144 Å². The monoisotopic (exact) mass is 360 g/mol. The van der Waals surface area contributed by atoms with Gasteiger partial charge in [-0.25, -0.2) is 9.59 Å². The second-order valence-corrected chi connectivity index (χ2v) is 6.63. The van der Waals surface area contributed by atoms with Crippen molar-refractivity contribution in [3.05, 3.63) is 33.8 Å². The quantitative estimate of drug-likeness (QED) is 0.810. The lowest BCUT2D eigenvalue weighted by molar-refractivity contribution is -0.127. The molecule has 1 aromatic carbocycles. The van der Waals surface area contributed by atoms with E-state index in [1.165, 1.54) is 25.1 Å². The Hall–Kier alpha value is -1.79. The molecule has 0 aliphatic rings. The summed E-state index contributed by atoms with van der Waals surface area (Å²) in [6, 6.07) is 3.80. The van der Waals surface area contributed by atoms with Gasteiger partial charge in [0.15, 0.2) is 6.10 Å². The molecule has 0 spiro atoms. The molecule has 3 amide bonds. The van der Waals surface area contributed by atoms with Crippen molar-refractivity contribution in [2.24, 2.45) is 0 Å². The van der Waals surface area contributed by atoms with E-state index in [-0.39, 0.29) is 15.6 Å². The number of nitrogens with one attached hydrogen (secondary N) is 2. The molecular weight excluding hydrogens is 343 g/mol. The van der Waals surface area contributed by atoms with Crippen LogP contribution in [0.25, 0.3) is 0 Å². The van der Waals surface area contributed by atoms with Gasteiger partial charge in [0.05, 0.1) is 15.6 Å². The molecule has 1 rings (SSSR count). The number of ether oxygens (including phenoxy) is 1. The zero-order chi connectivity index (χ0) is 17.8. The normalized spacial score (nSPS) is 12.3. The molecule has 126 valence electrons. The average molecular weight is 361 g/mol. The number of benzene rings is 1. The van der Waals surface area contributed by atoms with Crippen LogP contribution in [0.1, 0.15) is 38.1 Å². The first-order valence-electron chi connectivity index (χ1n) is 6.79. The Bertz CT molecular complexity index is 626. The van der Waals surface area contributed by atoms with Crippen molar-refractivity contribution in [2.45, 2.75) is 39.3 Å². The summed E-state index contributed by atoms with van der Waals surface area (Å²) in [5.41, 5.74) is -0.462. The van der Waals surface area contributed by atoms with Crippen LogP contribution in [0.15, 0.2) is 18.2 Å². The Balaban J connectivity index is 2.66. The topological polar surface area (TPSA) is 84.5 Å². The van der Waals surface area contributed by atoms with Gasteiger partial charge in [-0.15, -0.1) is 0 Å². The summed E-state index contributed by atoms with van der Waals surface area (Å²) in [4.78, 5) is 35.5. The molecular formula is C15H18Cl2N2O4. The van der Waals surface area contributed by atoms with Gasteiger partial charge in [-0.3, -0.25) is 10.1 Å². The van der Waals surface area contributed by atoms with E-state index in [1.54, 1.807) is 20.8 Å². The molecule has 0 bridgehead atoms. The number of hydrogen-bond donors (Lipinski definition) is 2. The van der Waals surface area contributed by atoms with Crippen molar-refractivity contribution in [1.82, 2.24) is 10.6 Å². The summed E-state index contributed by atoms with van der Waals surface area (Å²) in [7, 11) is 0. The summed E-state index contributed by atoms with van der Waals surface area (Å²) in [5.74, 6) is -1.56. The zero-order valence-electron chi connectivity index (χ0n) is 13.2. The van der Waals surface area contributed by atoms with Gasteiger partial charge in [0.1, 0.15) is 0 Å². The minimum absolute atomic E-state index is 0.0391. The lowest BCUT2D eigenvalue weighted by Gasteiger charge is -2.21. The number of carbonyl (C=O) groups excluding carboxylic acids is 3. The van der Waals surface area contributed by atoms with Gasteiger partial charge in [0.25, 0.3) is 5.91 Å². The lowest BCUT2D eigenvalue weighted by Crippen LogP contribution is -2.50. The summed E-state index contributed by atoms with van der Waals surface area (Å²) in [6.45, 7) is 6.64. The zero-order valence-corrected chi connectivity index (χ0v) is 14.7. The maximum absolute atomic E-state index is 12.0. The molecule has 1 aromatic rings. The Morgan fingerprint density at radius 1 is 1.17 bits per heavy atom. The molecule has 1 unspecified atom stereocenters. The first-order valence-corrected chi connectivity index (χ1v) is 7.55. The summed E-state index contributed by atoms with van der Waals surface area (Å²) >= 11 is 11.7. The highest BCUT2D eigenvalue weighted by Gasteiger charge is 2.24. The molecule has 0 aliphatic carbocycles. The molecule has 6 nitrogen and oxygen atoms in total. The van der Waals surface area contributed by atoms with Crippen LogP contribution in [-0.2, 0) is 9.53 Å². The van der Waals surface area contributed by atoms with Gasteiger partial charge in [0.2, 0.25) is 0 Å². The van der Waals surface area contributed by atoms with Crippen LogP contribution in [0.3, 0.4) is 0 Å². The Morgan fingerprint density at radius 2 is 1.78 bits per heavy atom. The summed E-state index contributed by atoms with van der Waals surface area (Å²) < 4.78 is 4.99. The number of urea groups is 1. The average Bonchev–Trinajstić information content (AvgIpc) is 2.39. The second-order valence-electron chi connectivity index (χ2n) is 5.84. The standard InChI is InChI=1S/C15H18Cl2N2O4/c1-8(12(20)18-14(22)19-15(2,3)4)23-13(21)9-6-5-7-10(16)11(9)17/h5-8H,1-4H3,(H2,18,19,20,22). The van der Waals surface area contributed by atoms with Gasteiger partial charge >= 0.3 is 12.0 Å². The molecule has 0 aliphatic heterocycles. The first-order chi connectivity index (χ1) is 10.5. The molecule has 0 saturated carbocycles. The largest absolute Gasteiger partial charge is 0.449 e. The number of imide groups is 1. The van der Waals surface area contributed by atoms with Crippen molar-refractivity contribution in [1.29, 1.82) is 0 Å². The van der Waals surface area contributed by atoms with Crippen molar-refractivity contribution in [3.63, 3.8) is 0 Å². The maximum atomic E-state index is 12.0. The fourth-order valence-electron chi connectivity index (χ4n) is 1.52. The van der Waals surface area contributed by atoms with E-state index in [1.807, 2.05) is 0 Å². The highest BCUT2D eigenvalue weighted by Crippen LogP contribution is 2.26.